The van der Waals surface area contributed by atoms with Gasteiger partial charge in [-0.05, 0) is 68.2 Å². The molecule has 0 radical (unpaired) electrons. The molecule has 1 aliphatic rings. The Kier molecular flexibility index (Phi) is 5.99. The second-order valence-corrected chi connectivity index (χ2v) is 6.82. The summed E-state index contributed by atoms with van der Waals surface area (Å²) in [4.78, 5) is 4.87. The minimum atomic E-state index is 0.568. The highest BCUT2D eigenvalue weighted by Gasteiger charge is 2.21. The van der Waals surface area contributed by atoms with Crippen molar-refractivity contribution in [3.8, 4) is 0 Å². The van der Waals surface area contributed by atoms with Crippen LogP contribution in [0.5, 0.6) is 0 Å². The molecule has 2 heteroatoms. The van der Waals surface area contributed by atoms with Crippen molar-refractivity contribution in [2.24, 2.45) is 10.7 Å². The maximum absolute atomic E-state index is 6.03. The van der Waals surface area contributed by atoms with Gasteiger partial charge >= 0.3 is 0 Å². The molecular formula is C24H28N2. The van der Waals surface area contributed by atoms with Crippen LogP contribution in [0.2, 0.25) is 0 Å². The number of benzene rings is 1. The van der Waals surface area contributed by atoms with E-state index < -0.39 is 0 Å². The maximum atomic E-state index is 6.03. The van der Waals surface area contributed by atoms with Gasteiger partial charge in [-0.3, -0.25) is 4.99 Å². The van der Waals surface area contributed by atoms with Crippen LogP contribution in [-0.2, 0) is 6.42 Å². The fourth-order valence-electron chi connectivity index (χ4n) is 2.89. The molecule has 1 heterocycles. The molecule has 0 unspecified atom stereocenters. The summed E-state index contributed by atoms with van der Waals surface area (Å²) in [6, 6.07) is 4.14. The Hall–Kier alpha value is -2.87. The van der Waals surface area contributed by atoms with Gasteiger partial charge in [0.1, 0.15) is 0 Å². The van der Waals surface area contributed by atoms with Crippen LogP contribution in [0.3, 0.4) is 0 Å². The van der Waals surface area contributed by atoms with Crippen LogP contribution in [0.25, 0.3) is 11.3 Å². The Morgan fingerprint density at radius 3 is 2.38 bits per heavy atom. The number of fused-ring (bicyclic) bond motifs is 1. The van der Waals surface area contributed by atoms with Gasteiger partial charge < -0.3 is 5.73 Å². The van der Waals surface area contributed by atoms with Crippen molar-refractivity contribution in [3.63, 3.8) is 0 Å². The second-order valence-electron chi connectivity index (χ2n) is 6.82. The monoisotopic (exact) mass is 344 g/mol. The highest BCUT2D eigenvalue weighted by Crippen LogP contribution is 2.36. The first-order valence-electron chi connectivity index (χ1n) is 8.77. The normalized spacial score (nSPS) is 14.4. The highest BCUT2D eigenvalue weighted by atomic mass is 14.8. The molecule has 0 amide bonds. The number of hydrogen-bond acceptors (Lipinski definition) is 2. The van der Waals surface area contributed by atoms with E-state index in [1.165, 1.54) is 0 Å². The zero-order chi connectivity index (χ0) is 19.4. The van der Waals surface area contributed by atoms with Crippen molar-refractivity contribution in [3.05, 3.63) is 89.6 Å². The minimum absolute atomic E-state index is 0.568. The number of nitrogens with zero attached hydrogens (tertiary/aromatic N) is 1. The zero-order valence-corrected chi connectivity index (χ0v) is 16.3. The van der Waals surface area contributed by atoms with Gasteiger partial charge in [-0.25, -0.2) is 0 Å². The number of hydrogen-bond donors (Lipinski definition) is 1. The fourth-order valence-corrected chi connectivity index (χ4v) is 2.89. The van der Waals surface area contributed by atoms with Crippen LogP contribution in [0.4, 0.5) is 5.69 Å². The Morgan fingerprint density at radius 2 is 1.85 bits per heavy atom. The number of nitrogens with two attached hydrogens (primary N) is 1. The summed E-state index contributed by atoms with van der Waals surface area (Å²) in [5.41, 5.74) is 16.0. The molecule has 2 rings (SSSR count). The lowest BCUT2D eigenvalue weighted by Crippen LogP contribution is -2.04. The lowest BCUT2D eigenvalue weighted by atomic mass is 9.94. The maximum Gasteiger partial charge on any atom is 0.0681 e. The molecule has 134 valence electrons. The predicted molar refractivity (Wildman–Crippen MR) is 117 cm³/mol. The number of aliphatic imine (C=N–C) groups is 1. The Morgan fingerprint density at radius 1 is 1.15 bits per heavy atom. The van der Waals surface area contributed by atoms with Gasteiger partial charge in [-0.15, -0.1) is 0 Å². The standard InChI is InChI=1S/C24H28N2/c1-8-9-10-19(15(2)3)11-17(6)23-14-22-21(18(7)25)12-20(16(4)5)13-24(22)26-23/h8-13H,2,4,7,14,25H2,1,3,5-6H3/b9-8-,17-11+,19-10-. The quantitative estimate of drug-likeness (QED) is 0.604. The van der Waals surface area contributed by atoms with E-state index >= 15 is 0 Å². The van der Waals surface area contributed by atoms with Gasteiger partial charge in [-0.1, -0.05) is 49.1 Å². The molecule has 0 aromatic heterocycles. The highest BCUT2D eigenvalue weighted by molar-refractivity contribution is 6.07. The second kappa shape index (κ2) is 8.01. The summed E-state index contributed by atoms with van der Waals surface area (Å²) in [6.07, 6.45) is 9.00. The summed E-state index contributed by atoms with van der Waals surface area (Å²) < 4.78 is 0. The third-order valence-corrected chi connectivity index (χ3v) is 4.45. The lowest BCUT2D eigenvalue weighted by Gasteiger charge is -2.11. The first-order chi connectivity index (χ1) is 12.2. The molecule has 0 spiro atoms. The zero-order valence-electron chi connectivity index (χ0n) is 16.3. The molecule has 0 saturated heterocycles. The molecule has 0 saturated carbocycles. The minimum Gasteiger partial charge on any atom is -0.399 e. The Balaban J connectivity index is 2.47. The van der Waals surface area contributed by atoms with Crippen LogP contribution >= 0.6 is 0 Å². The SMILES string of the molecule is C=C(C)C(=C\C=C/C)/C=C(\C)C1=Nc2cc(C(=C)C)cc(C(=C)N)c2C1. The summed E-state index contributed by atoms with van der Waals surface area (Å²) in [5.74, 6) is 0. The van der Waals surface area contributed by atoms with Crippen LogP contribution in [0, 0.1) is 0 Å². The molecule has 2 N–H and O–H groups in total. The van der Waals surface area contributed by atoms with Crippen molar-refractivity contribution < 1.29 is 0 Å². The lowest BCUT2D eigenvalue weighted by molar-refractivity contribution is 1.32. The molecule has 1 aromatic rings. The molecule has 2 nitrogen and oxygen atoms in total. The molecule has 0 fully saturated rings. The third kappa shape index (κ3) is 4.20. The summed E-state index contributed by atoms with van der Waals surface area (Å²) >= 11 is 0. The van der Waals surface area contributed by atoms with E-state index in [-0.39, 0.29) is 0 Å². The van der Waals surface area contributed by atoms with Gasteiger partial charge in [0.05, 0.1) is 5.69 Å². The third-order valence-electron chi connectivity index (χ3n) is 4.45. The van der Waals surface area contributed by atoms with Gasteiger partial charge in [0.15, 0.2) is 0 Å². The largest absolute Gasteiger partial charge is 0.399 e. The average Bonchev–Trinajstić information content (AvgIpc) is 3.01. The van der Waals surface area contributed by atoms with Crippen molar-refractivity contribution in [1.82, 2.24) is 0 Å². The molecule has 0 aliphatic carbocycles. The van der Waals surface area contributed by atoms with Crippen LogP contribution in [0.1, 0.15) is 44.4 Å². The van der Waals surface area contributed by atoms with Crippen molar-refractivity contribution >= 4 is 22.7 Å². The average molecular weight is 345 g/mol. The number of rotatable bonds is 6. The van der Waals surface area contributed by atoms with Crippen LogP contribution in [0.15, 0.2) is 77.9 Å². The summed E-state index contributed by atoms with van der Waals surface area (Å²) in [6.45, 7) is 20.1. The summed E-state index contributed by atoms with van der Waals surface area (Å²) in [7, 11) is 0. The number of allylic oxidation sites excluding steroid dienone is 8. The molecule has 1 aliphatic heterocycles. The van der Waals surface area contributed by atoms with E-state index in [1.807, 2.05) is 32.9 Å². The van der Waals surface area contributed by atoms with Gasteiger partial charge in [-0.2, -0.15) is 0 Å². The van der Waals surface area contributed by atoms with Gasteiger partial charge in [0.2, 0.25) is 0 Å². The van der Waals surface area contributed by atoms with E-state index in [0.29, 0.717) is 5.70 Å². The summed E-state index contributed by atoms with van der Waals surface area (Å²) in [5, 5.41) is 0. The van der Waals surface area contributed by atoms with Gasteiger partial charge in [0.25, 0.3) is 0 Å². The molecule has 26 heavy (non-hydrogen) atoms. The van der Waals surface area contributed by atoms with Crippen molar-refractivity contribution in [1.29, 1.82) is 0 Å². The first kappa shape index (κ1) is 19.5. The van der Waals surface area contributed by atoms with Crippen molar-refractivity contribution in [2.45, 2.75) is 34.1 Å². The first-order valence-corrected chi connectivity index (χ1v) is 8.77. The molecule has 1 aromatic carbocycles. The van der Waals surface area contributed by atoms with E-state index in [0.717, 1.165) is 56.8 Å². The van der Waals surface area contributed by atoms with E-state index in [2.05, 4.69) is 50.9 Å². The van der Waals surface area contributed by atoms with Crippen LogP contribution < -0.4 is 5.73 Å². The van der Waals surface area contributed by atoms with Crippen LogP contribution in [-0.4, -0.2) is 5.71 Å². The molecule has 0 atom stereocenters. The Bertz CT molecular complexity index is 902. The van der Waals surface area contributed by atoms with E-state index in [4.69, 9.17) is 10.7 Å². The van der Waals surface area contributed by atoms with E-state index in [9.17, 15) is 0 Å². The van der Waals surface area contributed by atoms with E-state index in [1.54, 1.807) is 0 Å². The predicted octanol–water partition coefficient (Wildman–Crippen LogP) is 6.30. The topological polar surface area (TPSA) is 38.4 Å². The molecule has 0 bridgehead atoms. The van der Waals surface area contributed by atoms with Crippen molar-refractivity contribution in [2.75, 3.05) is 0 Å². The smallest absolute Gasteiger partial charge is 0.0681 e. The Labute approximate surface area is 157 Å². The van der Waals surface area contributed by atoms with Gasteiger partial charge in [0, 0.05) is 23.4 Å². The molecular weight excluding hydrogens is 316 g/mol. The fraction of sp³-hybridized carbons (Fsp3) is 0.208.